The van der Waals surface area contributed by atoms with Gasteiger partial charge in [-0.2, -0.15) is 0 Å². The van der Waals surface area contributed by atoms with Crippen LogP contribution in [0.25, 0.3) is 0 Å². The molecule has 0 spiro atoms. The highest BCUT2D eigenvalue weighted by Crippen LogP contribution is 2.33. The summed E-state index contributed by atoms with van der Waals surface area (Å²) in [5.41, 5.74) is -0.913. The van der Waals surface area contributed by atoms with Gasteiger partial charge in [-0.05, 0) is 12.8 Å². The Morgan fingerprint density at radius 1 is 1.36 bits per heavy atom. The zero-order chi connectivity index (χ0) is 8.06. The lowest BCUT2D eigenvalue weighted by Crippen LogP contribution is -2.58. The van der Waals surface area contributed by atoms with Crippen molar-refractivity contribution in [3.63, 3.8) is 0 Å². The number of piperidine rings is 1. The second-order valence-corrected chi connectivity index (χ2v) is 3.58. The van der Waals surface area contributed by atoms with Crippen LogP contribution in [0.2, 0.25) is 0 Å². The first-order valence-electron chi connectivity index (χ1n) is 3.97. The summed E-state index contributed by atoms with van der Waals surface area (Å²) in [7, 11) is 0. The van der Waals surface area contributed by atoms with Gasteiger partial charge in [0.15, 0.2) is 0 Å². The molecule has 4 N–H and O–H groups in total. The highest BCUT2D eigenvalue weighted by molar-refractivity contribution is 5.01. The van der Waals surface area contributed by atoms with Gasteiger partial charge in [0, 0.05) is 12.5 Å². The van der Waals surface area contributed by atoms with Gasteiger partial charge in [0.1, 0.15) is 5.72 Å². The molecule has 0 radical (unpaired) electrons. The number of hydrogen-bond acceptors (Lipinski definition) is 4. The maximum absolute atomic E-state index is 9.63. The van der Waals surface area contributed by atoms with Gasteiger partial charge in [-0.15, -0.1) is 0 Å². The Balaban J connectivity index is 2.17. The summed E-state index contributed by atoms with van der Waals surface area (Å²) < 4.78 is 0. The molecule has 0 aromatic heterocycles. The summed E-state index contributed by atoms with van der Waals surface area (Å²) in [6, 6.07) is -0.122. The lowest BCUT2D eigenvalue weighted by molar-refractivity contribution is -0.102. The maximum atomic E-state index is 9.63. The van der Waals surface area contributed by atoms with Crippen LogP contribution in [0.1, 0.15) is 19.3 Å². The summed E-state index contributed by atoms with van der Waals surface area (Å²) in [4.78, 5) is 0. The fourth-order valence-corrected chi connectivity index (χ4v) is 2.04. The molecule has 2 bridgehead atoms. The molecule has 0 unspecified atom stereocenters. The van der Waals surface area contributed by atoms with Crippen LogP contribution in [-0.4, -0.2) is 39.3 Å². The van der Waals surface area contributed by atoms with Crippen molar-refractivity contribution in [3.05, 3.63) is 0 Å². The van der Waals surface area contributed by atoms with Crippen molar-refractivity contribution >= 4 is 0 Å². The molecule has 0 amide bonds. The topological polar surface area (TPSA) is 72.7 Å². The first-order valence-corrected chi connectivity index (χ1v) is 3.97. The highest BCUT2D eigenvalue weighted by Gasteiger charge is 2.48. The quantitative estimate of drug-likeness (QED) is 0.349. The van der Waals surface area contributed by atoms with Crippen LogP contribution in [0.3, 0.4) is 0 Å². The molecule has 2 saturated heterocycles. The standard InChI is InChI=1S/C7H13NO3/c9-5-3-7(11)2-1-4(8-7)6(5)10/h4-6,8-11H,1-3H2/t4-,5+,6+,7-/m1/s1. The number of aliphatic hydroxyl groups excluding tert-OH is 2. The first kappa shape index (κ1) is 7.49. The Kier molecular flexibility index (Phi) is 1.47. The molecule has 64 valence electrons. The Morgan fingerprint density at radius 2 is 2.09 bits per heavy atom. The average molecular weight is 159 g/mol. The number of hydrogen-bond donors (Lipinski definition) is 4. The zero-order valence-corrected chi connectivity index (χ0v) is 6.20. The molecular formula is C7H13NO3. The van der Waals surface area contributed by atoms with Crippen molar-refractivity contribution < 1.29 is 15.3 Å². The van der Waals surface area contributed by atoms with Crippen molar-refractivity contribution in [1.29, 1.82) is 0 Å². The van der Waals surface area contributed by atoms with Crippen molar-refractivity contribution in [2.75, 3.05) is 0 Å². The first-order chi connectivity index (χ1) is 5.11. The smallest absolute Gasteiger partial charge is 0.118 e. The lowest BCUT2D eigenvalue weighted by atomic mass is 9.97. The Hall–Kier alpha value is -0.160. The summed E-state index contributed by atoms with van der Waals surface area (Å²) in [6.07, 6.45) is 0.136. The van der Waals surface area contributed by atoms with E-state index in [2.05, 4.69) is 5.32 Å². The van der Waals surface area contributed by atoms with Gasteiger partial charge in [0.25, 0.3) is 0 Å². The summed E-state index contributed by atoms with van der Waals surface area (Å²) >= 11 is 0. The minimum absolute atomic E-state index is 0.122. The molecule has 4 heteroatoms. The third-order valence-electron chi connectivity index (χ3n) is 2.68. The number of aliphatic hydroxyl groups is 3. The number of nitrogens with one attached hydrogen (secondary N) is 1. The van der Waals surface area contributed by atoms with Crippen molar-refractivity contribution in [3.8, 4) is 0 Å². The molecule has 2 aliphatic rings. The molecule has 11 heavy (non-hydrogen) atoms. The van der Waals surface area contributed by atoms with E-state index in [0.717, 1.165) is 6.42 Å². The minimum Gasteiger partial charge on any atom is -0.390 e. The van der Waals surface area contributed by atoms with E-state index in [0.29, 0.717) is 6.42 Å². The van der Waals surface area contributed by atoms with Gasteiger partial charge in [0.05, 0.1) is 12.2 Å². The predicted octanol–water partition coefficient (Wildman–Crippen LogP) is -1.45. The Morgan fingerprint density at radius 3 is 2.82 bits per heavy atom. The molecule has 2 aliphatic heterocycles. The van der Waals surface area contributed by atoms with E-state index >= 15 is 0 Å². The van der Waals surface area contributed by atoms with E-state index in [-0.39, 0.29) is 12.5 Å². The van der Waals surface area contributed by atoms with Gasteiger partial charge in [-0.1, -0.05) is 0 Å². The summed E-state index contributed by atoms with van der Waals surface area (Å²) in [5, 5.41) is 31.1. The largest absolute Gasteiger partial charge is 0.390 e. The number of rotatable bonds is 0. The van der Waals surface area contributed by atoms with Gasteiger partial charge >= 0.3 is 0 Å². The van der Waals surface area contributed by atoms with Crippen LogP contribution < -0.4 is 5.32 Å². The molecule has 4 nitrogen and oxygen atoms in total. The third kappa shape index (κ3) is 1.06. The summed E-state index contributed by atoms with van der Waals surface area (Å²) in [6.45, 7) is 0. The van der Waals surface area contributed by atoms with Crippen molar-refractivity contribution in [2.24, 2.45) is 0 Å². The Bertz CT molecular complexity index is 175. The van der Waals surface area contributed by atoms with E-state index in [1.807, 2.05) is 0 Å². The van der Waals surface area contributed by atoms with E-state index in [1.165, 1.54) is 0 Å². The molecule has 0 aromatic rings. The average Bonchev–Trinajstić information content (AvgIpc) is 2.25. The van der Waals surface area contributed by atoms with Crippen molar-refractivity contribution in [2.45, 2.75) is 43.2 Å². The second kappa shape index (κ2) is 2.17. The SMILES string of the molecule is O[C@@H]1[C@@H](O)C[C@]2(O)CC[C@H]1N2. The lowest BCUT2D eigenvalue weighted by Gasteiger charge is -2.36. The highest BCUT2D eigenvalue weighted by atomic mass is 16.3. The van der Waals surface area contributed by atoms with E-state index in [1.54, 1.807) is 0 Å². The van der Waals surface area contributed by atoms with Gasteiger partial charge in [-0.25, -0.2) is 0 Å². The van der Waals surface area contributed by atoms with Gasteiger partial charge < -0.3 is 15.3 Å². The van der Waals surface area contributed by atoms with Crippen LogP contribution in [0.4, 0.5) is 0 Å². The fraction of sp³-hybridized carbons (Fsp3) is 1.00. The van der Waals surface area contributed by atoms with E-state index in [4.69, 9.17) is 0 Å². The fourth-order valence-electron chi connectivity index (χ4n) is 2.04. The molecule has 4 atom stereocenters. The molecule has 0 saturated carbocycles. The van der Waals surface area contributed by atoms with Gasteiger partial charge in [-0.3, -0.25) is 5.32 Å². The third-order valence-corrected chi connectivity index (χ3v) is 2.68. The van der Waals surface area contributed by atoms with Crippen LogP contribution in [0.15, 0.2) is 0 Å². The monoisotopic (exact) mass is 159 g/mol. The molecule has 2 fully saturated rings. The summed E-state index contributed by atoms with van der Waals surface area (Å²) in [5.74, 6) is 0. The van der Waals surface area contributed by atoms with Gasteiger partial charge in [0.2, 0.25) is 0 Å². The van der Waals surface area contributed by atoms with Crippen LogP contribution in [0.5, 0.6) is 0 Å². The minimum atomic E-state index is -0.913. The van der Waals surface area contributed by atoms with Crippen molar-refractivity contribution in [1.82, 2.24) is 5.32 Å². The normalized spacial score (nSPS) is 56.5. The molecule has 0 aromatic carbocycles. The molecule has 2 rings (SSSR count). The number of fused-ring (bicyclic) bond motifs is 2. The van der Waals surface area contributed by atoms with Crippen LogP contribution in [-0.2, 0) is 0 Å². The molecular weight excluding hydrogens is 146 g/mol. The molecule has 0 aliphatic carbocycles. The zero-order valence-electron chi connectivity index (χ0n) is 6.20. The van der Waals surface area contributed by atoms with E-state index in [9.17, 15) is 15.3 Å². The predicted molar refractivity (Wildman–Crippen MR) is 37.7 cm³/mol. The van der Waals surface area contributed by atoms with Crippen LogP contribution in [0, 0.1) is 0 Å². The maximum Gasteiger partial charge on any atom is 0.118 e. The Labute approximate surface area is 64.8 Å². The van der Waals surface area contributed by atoms with Crippen LogP contribution >= 0.6 is 0 Å². The second-order valence-electron chi connectivity index (χ2n) is 3.58. The molecule has 2 heterocycles. The van der Waals surface area contributed by atoms with E-state index < -0.39 is 17.9 Å².